The minimum Gasteiger partial charge on any atom is -0.497 e. The summed E-state index contributed by atoms with van der Waals surface area (Å²) in [7, 11) is 1.59. The van der Waals surface area contributed by atoms with Gasteiger partial charge in [0.25, 0.3) is 0 Å². The van der Waals surface area contributed by atoms with E-state index in [4.69, 9.17) is 4.74 Å². The van der Waals surface area contributed by atoms with Crippen molar-refractivity contribution in [3.05, 3.63) is 29.8 Å². The van der Waals surface area contributed by atoms with E-state index in [1.807, 2.05) is 6.92 Å². The molecule has 1 fully saturated rings. The maximum absolute atomic E-state index is 12.7. The topological polar surface area (TPSA) is 43.4 Å². The zero-order valence-corrected chi connectivity index (χ0v) is 11.5. The highest BCUT2D eigenvalue weighted by molar-refractivity contribution is 6.09. The van der Waals surface area contributed by atoms with E-state index in [2.05, 4.69) is 0 Å². The highest BCUT2D eigenvalue weighted by atomic mass is 16.5. The summed E-state index contributed by atoms with van der Waals surface area (Å²) in [5.74, 6) is 0.791. The molecule has 0 saturated heterocycles. The fourth-order valence-corrected chi connectivity index (χ4v) is 2.95. The quantitative estimate of drug-likeness (QED) is 0.474. The number of methoxy groups -OCH3 is 1. The lowest BCUT2D eigenvalue weighted by Crippen LogP contribution is -2.41. The molecule has 2 atom stereocenters. The molecule has 2 rings (SSSR count). The summed E-state index contributed by atoms with van der Waals surface area (Å²) < 4.78 is 5.09. The minimum absolute atomic E-state index is 0.0441. The number of carbonyl (C=O) groups excluding carboxylic acids is 2. The molecule has 1 aromatic carbocycles. The molecule has 1 aliphatic rings. The number of ketones is 1. The molecule has 102 valence electrons. The largest absolute Gasteiger partial charge is 0.497 e. The summed E-state index contributed by atoms with van der Waals surface area (Å²) in [6.07, 6.45) is 4.55. The van der Waals surface area contributed by atoms with Crippen LogP contribution in [0.2, 0.25) is 0 Å². The van der Waals surface area contributed by atoms with E-state index in [1.54, 1.807) is 31.4 Å². The van der Waals surface area contributed by atoms with Gasteiger partial charge in [-0.2, -0.15) is 0 Å². The maximum atomic E-state index is 12.7. The maximum Gasteiger partial charge on any atom is 0.176 e. The first-order valence-electron chi connectivity index (χ1n) is 6.79. The Bertz CT molecular complexity index is 463. The second-order valence-electron chi connectivity index (χ2n) is 5.36. The van der Waals surface area contributed by atoms with Gasteiger partial charge in [-0.15, -0.1) is 0 Å². The fraction of sp³-hybridized carbons (Fsp3) is 0.500. The Balaban J connectivity index is 2.31. The number of hydrogen-bond donors (Lipinski definition) is 0. The van der Waals surface area contributed by atoms with Crippen LogP contribution in [0.1, 0.15) is 43.0 Å². The molecule has 0 heterocycles. The van der Waals surface area contributed by atoms with Crippen LogP contribution in [0.4, 0.5) is 0 Å². The minimum atomic E-state index is -0.827. The van der Waals surface area contributed by atoms with Crippen molar-refractivity contribution >= 4 is 12.1 Å². The monoisotopic (exact) mass is 260 g/mol. The molecule has 0 aliphatic heterocycles. The van der Waals surface area contributed by atoms with E-state index in [-0.39, 0.29) is 11.7 Å². The number of Topliss-reactive ketones (excluding diaryl/α,β-unsaturated/α-hetero) is 1. The van der Waals surface area contributed by atoms with Gasteiger partial charge >= 0.3 is 0 Å². The van der Waals surface area contributed by atoms with E-state index < -0.39 is 5.41 Å². The number of aldehydes is 1. The molecule has 0 radical (unpaired) electrons. The van der Waals surface area contributed by atoms with Crippen molar-refractivity contribution < 1.29 is 14.3 Å². The summed E-state index contributed by atoms with van der Waals surface area (Å²) in [5, 5.41) is 0. The van der Waals surface area contributed by atoms with Crippen molar-refractivity contribution in [3.8, 4) is 5.75 Å². The summed E-state index contributed by atoms with van der Waals surface area (Å²) in [5.41, 5.74) is -0.228. The summed E-state index contributed by atoms with van der Waals surface area (Å²) in [6.45, 7) is 2.01. The fourth-order valence-electron chi connectivity index (χ4n) is 2.95. The van der Waals surface area contributed by atoms with Gasteiger partial charge in [0, 0.05) is 5.56 Å². The lowest BCUT2D eigenvalue weighted by atomic mass is 9.64. The number of ether oxygens (including phenoxy) is 1. The van der Waals surface area contributed by atoms with Gasteiger partial charge in [-0.05, 0) is 43.0 Å². The first kappa shape index (κ1) is 13.8. The summed E-state index contributed by atoms with van der Waals surface area (Å²) in [6, 6.07) is 7.01. The normalized spacial score (nSPS) is 26.7. The Labute approximate surface area is 114 Å². The Kier molecular flexibility index (Phi) is 4.03. The van der Waals surface area contributed by atoms with Crippen LogP contribution >= 0.6 is 0 Å². The van der Waals surface area contributed by atoms with E-state index in [1.165, 1.54) is 0 Å². The molecule has 1 aromatic rings. The smallest absolute Gasteiger partial charge is 0.176 e. The van der Waals surface area contributed by atoms with Gasteiger partial charge in [0.15, 0.2) is 5.78 Å². The van der Waals surface area contributed by atoms with Crippen molar-refractivity contribution in [2.45, 2.75) is 32.6 Å². The first-order chi connectivity index (χ1) is 9.14. The first-order valence-corrected chi connectivity index (χ1v) is 6.79. The Morgan fingerprint density at radius 2 is 2.00 bits per heavy atom. The summed E-state index contributed by atoms with van der Waals surface area (Å²) in [4.78, 5) is 24.3. The van der Waals surface area contributed by atoms with Gasteiger partial charge in [-0.1, -0.05) is 19.8 Å². The predicted molar refractivity (Wildman–Crippen MR) is 73.5 cm³/mol. The molecule has 1 saturated carbocycles. The Morgan fingerprint density at radius 3 is 2.53 bits per heavy atom. The number of carbonyl (C=O) groups is 2. The molecular formula is C16H20O3. The molecule has 19 heavy (non-hydrogen) atoms. The van der Waals surface area contributed by atoms with Crippen LogP contribution in [0.5, 0.6) is 5.75 Å². The summed E-state index contributed by atoms with van der Waals surface area (Å²) >= 11 is 0. The van der Waals surface area contributed by atoms with Gasteiger partial charge in [0.05, 0.1) is 12.5 Å². The standard InChI is InChI=1S/C16H20O3/c1-12-5-3-4-10-16(12,11-17)15(18)13-6-8-14(19-2)9-7-13/h6-9,11-12H,3-5,10H2,1-2H3. The molecule has 0 N–H and O–H groups in total. The van der Waals surface area contributed by atoms with Crippen LogP contribution in [0, 0.1) is 11.3 Å². The van der Waals surface area contributed by atoms with Gasteiger partial charge in [0.2, 0.25) is 0 Å². The molecule has 1 aliphatic carbocycles. The van der Waals surface area contributed by atoms with Crippen molar-refractivity contribution in [1.29, 1.82) is 0 Å². The van der Waals surface area contributed by atoms with Gasteiger partial charge < -0.3 is 9.53 Å². The molecule has 3 heteroatoms. The third kappa shape index (κ3) is 2.42. The van der Waals surface area contributed by atoms with Crippen LogP contribution < -0.4 is 4.74 Å². The highest BCUT2D eigenvalue weighted by Crippen LogP contribution is 2.42. The van der Waals surface area contributed by atoms with E-state index in [9.17, 15) is 9.59 Å². The zero-order chi connectivity index (χ0) is 13.9. The third-order valence-electron chi connectivity index (χ3n) is 4.34. The average molecular weight is 260 g/mol. The third-order valence-corrected chi connectivity index (χ3v) is 4.34. The van der Waals surface area contributed by atoms with Crippen LogP contribution in [-0.4, -0.2) is 19.2 Å². The van der Waals surface area contributed by atoms with Crippen LogP contribution in [0.25, 0.3) is 0 Å². The Morgan fingerprint density at radius 1 is 1.32 bits per heavy atom. The second kappa shape index (κ2) is 5.55. The zero-order valence-electron chi connectivity index (χ0n) is 11.5. The van der Waals surface area contributed by atoms with Crippen molar-refractivity contribution in [2.75, 3.05) is 7.11 Å². The van der Waals surface area contributed by atoms with Crippen molar-refractivity contribution in [2.24, 2.45) is 11.3 Å². The molecule has 0 spiro atoms. The lowest BCUT2D eigenvalue weighted by molar-refractivity contribution is -0.117. The average Bonchev–Trinajstić information content (AvgIpc) is 2.47. The van der Waals surface area contributed by atoms with Gasteiger partial charge in [0.1, 0.15) is 12.0 Å². The number of hydrogen-bond acceptors (Lipinski definition) is 3. The van der Waals surface area contributed by atoms with Crippen LogP contribution in [0.15, 0.2) is 24.3 Å². The highest BCUT2D eigenvalue weighted by Gasteiger charge is 2.44. The number of benzene rings is 1. The molecular weight excluding hydrogens is 240 g/mol. The van der Waals surface area contributed by atoms with Gasteiger partial charge in [-0.25, -0.2) is 0 Å². The molecule has 0 aromatic heterocycles. The van der Waals surface area contributed by atoms with Crippen LogP contribution in [0.3, 0.4) is 0 Å². The van der Waals surface area contributed by atoms with Crippen molar-refractivity contribution in [1.82, 2.24) is 0 Å². The van der Waals surface area contributed by atoms with E-state index in [0.717, 1.165) is 25.5 Å². The molecule has 3 nitrogen and oxygen atoms in total. The lowest BCUT2D eigenvalue weighted by Gasteiger charge is -2.36. The van der Waals surface area contributed by atoms with Crippen LogP contribution in [-0.2, 0) is 4.79 Å². The van der Waals surface area contributed by atoms with E-state index in [0.29, 0.717) is 17.7 Å². The van der Waals surface area contributed by atoms with Gasteiger partial charge in [-0.3, -0.25) is 4.79 Å². The molecule has 0 amide bonds. The SMILES string of the molecule is COc1ccc(C(=O)C2(C=O)CCCCC2C)cc1. The molecule has 0 bridgehead atoms. The second-order valence-corrected chi connectivity index (χ2v) is 5.36. The van der Waals surface area contributed by atoms with E-state index >= 15 is 0 Å². The molecule has 2 unspecified atom stereocenters. The van der Waals surface area contributed by atoms with Crippen molar-refractivity contribution in [3.63, 3.8) is 0 Å². The predicted octanol–water partition coefficient (Wildman–Crippen LogP) is 3.27. The number of rotatable bonds is 4. The Hall–Kier alpha value is -1.64.